The number of carbonyl (C=O) groups excluding carboxylic acids is 1. The largest absolute Gasteiger partial charge is 0.397 e. The Morgan fingerprint density at radius 2 is 1.86 bits per heavy atom. The Hall–Kier alpha value is -1.26. The first-order valence-corrected chi connectivity index (χ1v) is 8.05. The zero-order chi connectivity index (χ0) is 14.8. The van der Waals surface area contributed by atoms with Gasteiger partial charge in [-0.05, 0) is 55.7 Å². The first kappa shape index (κ1) is 14.7. The summed E-state index contributed by atoms with van der Waals surface area (Å²) in [5, 5.41) is 3.42. The highest BCUT2D eigenvalue weighted by molar-refractivity contribution is 6.33. The summed E-state index contributed by atoms with van der Waals surface area (Å²) in [6, 6.07) is 5.19. The van der Waals surface area contributed by atoms with E-state index in [0.717, 1.165) is 24.9 Å². The standard InChI is InChI=1S/C16H22ClN3O/c17-14-6-5-13(7-15(14)18)19-16(21)10-20(8-11-1-2-11)9-12-3-4-12/h5-7,11-12H,1-4,8-10,18H2,(H,19,21). The van der Waals surface area contributed by atoms with E-state index in [-0.39, 0.29) is 5.91 Å². The Balaban J connectivity index is 1.53. The first-order chi connectivity index (χ1) is 10.1. The summed E-state index contributed by atoms with van der Waals surface area (Å²) in [6.45, 7) is 2.59. The number of hydrogen-bond acceptors (Lipinski definition) is 3. The van der Waals surface area contributed by atoms with E-state index in [0.29, 0.717) is 22.9 Å². The molecule has 5 heteroatoms. The molecule has 1 aromatic rings. The molecule has 4 nitrogen and oxygen atoms in total. The summed E-state index contributed by atoms with van der Waals surface area (Å²) in [5.74, 6) is 1.64. The third kappa shape index (κ3) is 4.61. The first-order valence-electron chi connectivity index (χ1n) is 7.67. The summed E-state index contributed by atoms with van der Waals surface area (Å²) >= 11 is 5.88. The molecule has 21 heavy (non-hydrogen) atoms. The van der Waals surface area contributed by atoms with Crippen LogP contribution in [0.25, 0.3) is 0 Å². The summed E-state index contributed by atoms with van der Waals surface area (Å²) in [4.78, 5) is 14.5. The summed E-state index contributed by atoms with van der Waals surface area (Å²) in [5.41, 5.74) is 6.95. The zero-order valence-electron chi connectivity index (χ0n) is 12.1. The molecular formula is C16H22ClN3O. The minimum Gasteiger partial charge on any atom is -0.397 e. The van der Waals surface area contributed by atoms with E-state index in [4.69, 9.17) is 17.3 Å². The van der Waals surface area contributed by atoms with Gasteiger partial charge in [0.05, 0.1) is 17.3 Å². The summed E-state index contributed by atoms with van der Waals surface area (Å²) in [7, 11) is 0. The second-order valence-electron chi connectivity index (χ2n) is 6.37. The topological polar surface area (TPSA) is 58.4 Å². The molecule has 1 aromatic carbocycles. The van der Waals surface area contributed by atoms with Crippen molar-refractivity contribution in [3.05, 3.63) is 23.2 Å². The van der Waals surface area contributed by atoms with E-state index in [1.165, 1.54) is 25.7 Å². The molecule has 3 rings (SSSR count). The minimum absolute atomic E-state index is 0.0259. The highest BCUT2D eigenvalue weighted by Gasteiger charge is 2.29. The van der Waals surface area contributed by atoms with Crippen LogP contribution in [-0.2, 0) is 4.79 Å². The number of nitrogen functional groups attached to an aromatic ring is 1. The van der Waals surface area contributed by atoms with Crippen molar-refractivity contribution in [3.8, 4) is 0 Å². The number of rotatable bonds is 7. The van der Waals surface area contributed by atoms with Crippen molar-refractivity contribution in [2.45, 2.75) is 25.7 Å². The Morgan fingerprint density at radius 3 is 2.38 bits per heavy atom. The van der Waals surface area contributed by atoms with Crippen LogP contribution < -0.4 is 11.1 Å². The predicted molar refractivity (Wildman–Crippen MR) is 86.4 cm³/mol. The average Bonchev–Trinajstić information content (AvgIpc) is 3.30. The number of halogens is 1. The highest BCUT2D eigenvalue weighted by Crippen LogP contribution is 2.33. The number of amides is 1. The molecule has 2 fully saturated rings. The molecule has 0 spiro atoms. The van der Waals surface area contributed by atoms with Gasteiger partial charge in [0.2, 0.25) is 5.91 Å². The molecule has 0 aromatic heterocycles. The van der Waals surface area contributed by atoms with Gasteiger partial charge in [-0.3, -0.25) is 9.69 Å². The van der Waals surface area contributed by atoms with Gasteiger partial charge in [0.25, 0.3) is 0 Å². The van der Waals surface area contributed by atoms with Gasteiger partial charge in [-0.25, -0.2) is 0 Å². The maximum atomic E-state index is 12.2. The van der Waals surface area contributed by atoms with Gasteiger partial charge in [0, 0.05) is 18.8 Å². The Morgan fingerprint density at radius 1 is 1.24 bits per heavy atom. The Bertz CT molecular complexity index is 512. The van der Waals surface area contributed by atoms with Crippen LogP contribution in [0.5, 0.6) is 0 Å². The fraction of sp³-hybridized carbons (Fsp3) is 0.562. The third-order valence-electron chi connectivity index (χ3n) is 4.07. The van der Waals surface area contributed by atoms with Crippen LogP contribution in [0.4, 0.5) is 11.4 Å². The molecule has 2 saturated carbocycles. The van der Waals surface area contributed by atoms with Crippen molar-refractivity contribution in [3.63, 3.8) is 0 Å². The lowest BCUT2D eigenvalue weighted by molar-refractivity contribution is -0.117. The fourth-order valence-corrected chi connectivity index (χ4v) is 2.68. The molecule has 0 aliphatic heterocycles. The minimum atomic E-state index is 0.0259. The van der Waals surface area contributed by atoms with Gasteiger partial charge in [0.15, 0.2) is 0 Å². The van der Waals surface area contributed by atoms with Crippen LogP contribution in [0.3, 0.4) is 0 Å². The van der Waals surface area contributed by atoms with Gasteiger partial charge in [-0.15, -0.1) is 0 Å². The van der Waals surface area contributed by atoms with Gasteiger partial charge >= 0.3 is 0 Å². The SMILES string of the molecule is Nc1cc(NC(=O)CN(CC2CC2)CC2CC2)ccc1Cl. The van der Waals surface area contributed by atoms with Crippen molar-refractivity contribution in [2.24, 2.45) is 11.8 Å². The van der Waals surface area contributed by atoms with E-state index < -0.39 is 0 Å². The van der Waals surface area contributed by atoms with Crippen molar-refractivity contribution in [2.75, 3.05) is 30.7 Å². The molecule has 0 heterocycles. The monoisotopic (exact) mass is 307 g/mol. The maximum Gasteiger partial charge on any atom is 0.238 e. The van der Waals surface area contributed by atoms with Crippen LogP contribution >= 0.6 is 11.6 Å². The second-order valence-corrected chi connectivity index (χ2v) is 6.77. The van der Waals surface area contributed by atoms with E-state index in [9.17, 15) is 4.79 Å². The summed E-state index contributed by atoms with van der Waals surface area (Å²) < 4.78 is 0. The maximum absolute atomic E-state index is 12.2. The van der Waals surface area contributed by atoms with Crippen molar-refractivity contribution in [1.82, 2.24) is 4.90 Å². The quantitative estimate of drug-likeness (QED) is 0.761. The van der Waals surface area contributed by atoms with E-state index in [1.807, 2.05) is 0 Å². The molecule has 0 atom stereocenters. The zero-order valence-corrected chi connectivity index (χ0v) is 12.9. The van der Waals surface area contributed by atoms with Crippen LogP contribution in [0, 0.1) is 11.8 Å². The van der Waals surface area contributed by atoms with Gasteiger partial charge in [-0.1, -0.05) is 11.6 Å². The number of anilines is 2. The number of hydrogen-bond donors (Lipinski definition) is 2. The van der Waals surface area contributed by atoms with Crippen molar-refractivity contribution >= 4 is 28.9 Å². The van der Waals surface area contributed by atoms with E-state index in [1.54, 1.807) is 18.2 Å². The smallest absolute Gasteiger partial charge is 0.238 e. The van der Waals surface area contributed by atoms with Crippen LogP contribution in [0.1, 0.15) is 25.7 Å². The van der Waals surface area contributed by atoms with Crippen molar-refractivity contribution < 1.29 is 4.79 Å². The van der Waals surface area contributed by atoms with Crippen LogP contribution in [-0.4, -0.2) is 30.4 Å². The lowest BCUT2D eigenvalue weighted by Gasteiger charge is -2.21. The second kappa shape index (κ2) is 6.24. The molecule has 0 bridgehead atoms. The molecule has 3 N–H and O–H groups in total. The van der Waals surface area contributed by atoms with E-state index >= 15 is 0 Å². The third-order valence-corrected chi connectivity index (χ3v) is 4.42. The number of nitrogens with one attached hydrogen (secondary N) is 1. The van der Waals surface area contributed by atoms with Gasteiger partial charge in [0.1, 0.15) is 0 Å². The van der Waals surface area contributed by atoms with Crippen LogP contribution in [0.15, 0.2) is 18.2 Å². The van der Waals surface area contributed by atoms with E-state index in [2.05, 4.69) is 10.2 Å². The molecule has 1 amide bonds. The molecule has 2 aliphatic carbocycles. The predicted octanol–water partition coefficient (Wildman–Crippen LogP) is 2.98. The highest BCUT2D eigenvalue weighted by atomic mass is 35.5. The molecule has 0 unspecified atom stereocenters. The molecule has 0 saturated heterocycles. The normalized spacial score (nSPS) is 18.0. The molecule has 114 valence electrons. The number of carbonyl (C=O) groups is 1. The Kier molecular flexibility index (Phi) is 4.36. The molecule has 2 aliphatic rings. The molecule has 0 radical (unpaired) electrons. The number of nitrogens with two attached hydrogens (primary N) is 1. The van der Waals surface area contributed by atoms with Gasteiger partial charge < -0.3 is 11.1 Å². The summed E-state index contributed by atoms with van der Waals surface area (Å²) in [6.07, 6.45) is 5.26. The molecular weight excluding hydrogens is 286 g/mol. The van der Waals surface area contributed by atoms with Crippen molar-refractivity contribution in [1.29, 1.82) is 0 Å². The number of nitrogens with zero attached hydrogens (tertiary/aromatic N) is 1. The fourth-order valence-electron chi connectivity index (χ4n) is 2.56. The lowest BCUT2D eigenvalue weighted by Crippen LogP contribution is -2.36. The Labute approximate surface area is 130 Å². The van der Waals surface area contributed by atoms with Crippen LogP contribution in [0.2, 0.25) is 5.02 Å². The number of benzene rings is 1. The average molecular weight is 308 g/mol. The lowest BCUT2D eigenvalue weighted by atomic mass is 10.2. The van der Waals surface area contributed by atoms with Gasteiger partial charge in [-0.2, -0.15) is 0 Å².